The van der Waals surface area contributed by atoms with Crippen molar-refractivity contribution in [3.63, 3.8) is 0 Å². The third-order valence-electron chi connectivity index (χ3n) is 3.21. The first-order valence-electron chi connectivity index (χ1n) is 6.70. The second-order valence-corrected chi connectivity index (χ2v) is 4.68. The first-order chi connectivity index (χ1) is 9.72. The molecular weight excluding hydrogens is 248 g/mol. The van der Waals surface area contributed by atoms with Gasteiger partial charge in [0.1, 0.15) is 12.4 Å². The Balaban J connectivity index is 1.98. The largest absolute Gasteiger partial charge is 0.489 e. The quantitative estimate of drug-likeness (QED) is 0.900. The number of nitrogens with zero attached hydrogens (tertiary/aromatic N) is 1. The van der Waals surface area contributed by atoms with E-state index in [1.54, 1.807) is 6.07 Å². The number of benzene rings is 2. The Morgan fingerprint density at radius 3 is 2.60 bits per heavy atom. The van der Waals surface area contributed by atoms with Crippen LogP contribution >= 0.6 is 0 Å². The van der Waals surface area contributed by atoms with Crippen LogP contribution < -0.4 is 10.5 Å². The minimum Gasteiger partial charge on any atom is -0.489 e. The van der Waals surface area contributed by atoms with Crippen LogP contribution in [0, 0.1) is 11.3 Å². The Labute approximate surface area is 119 Å². The molecule has 0 bridgehead atoms. The van der Waals surface area contributed by atoms with E-state index in [2.05, 4.69) is 13.0 Å². The van der Waals surface area contributed by atoms with E-state index < -0.39 is 0 Å². The molecule has 2 N–H and O–H groups in total. The van der Waals surface area contributed by atoms with Gasteiger partial charge in [0, 0.05) is 6.04 Å². The third kappa shape index (κ3) is 3.59. The minimum atomic E-state index is 0.0800. The van der Waals surface area contributed by atoms with Gasteiger partial charge in [0.05, 0.1) is 11.6 Å². The lowest BCUT2D eigenvalue weighted by Gasteiger charge is -2.11. The van der Waals surface area contributed by atoms with Gasteiger partial charge in [-0.05, 0) is 41.8 Å². The fraction of sp³-hybridized carbons (Fsp3) is 0.235. The standard InChI is InChI=1S/C17H18N2O/c1-2-17(19)15-6-8-16(9-7-15)20-12-14-5-3-4-13(10-14)11-18/h3-10,17H,2,12,19H2,1H3/t17-/m1/s1. The molecular formula is C17H18N2O. The van der Waals surface area contributed by atoms with Crippen LogP contribution in [0.5, 0.6) is 5.75 Å². The van der Waals surface area contributed by atoms with Crippen molar-refractivity contribution in [2.45, 2.75) is 26.0 Å². The summed E-state index contributed by atoms with van der Waals surface area (Å²) in [5.74, 6) is 0.805. The van der Waals surface area contributed by atoms with Gasteiger partial charge >= 0.3 is 0 Å². The summed E-state index contributed by atoms with van der Waals surface area (Å²) in [5.41, 5.74) is 8.72. The lowest BCUT2D eigenvalue weighted by Crippen LogP contribution is -2.08. The molecule has 2 aromatic carbocycles. The normalized spacial score (nSPS) is 11.7. The zero-order valence-electron chi connectivity index (χ0n) is 11.5. The molecule has 20 heavy (non-hydrogen) atoms. The van der Waals surface area contributed by atoms with E-state index >= 15 is 0 Å². The molecule has 0 saturated carbocycles. The number of ether oxygens (including phenoxy) is 1. The molecule has 3 heteroatoms. The van der Waals surface area contributed by atoms with Crippen LogP contribution in [0.4, 0.5) is 0 Å². The monoisotopic (exact) mass is 266 g/mol. The second kappa shape index (κ2) is 6.74. The van der Waals surface area contributed by atoms with Crippen molar-refractivity contribution in [1.82, 2.24) is 0 Å². The molecule has 2 aromatic rings. The highest BCUT2D eigenvalue weighted by Gasteiger charge is 2.03. The van der Waals surface area contributed by atoms with E-state index in [-0.39, 0.29) is 6.04 Å². The summed E-state index contributed by atoms with van der Waals surface area (Å²) in [6.45, 7) is 2.52. The summed E-state index contributed by atoms with van der Waals surface area (Å²) < 4.78 is 5.71. The van der Waals surface area contributed by atoms with E-state index in [1.165, 1.54) is 0 Å². The number of hydrogen-bond acceptors (Lipinski definition) is 3. The predicted molar refractivity (Wildman–Crippen MR) is 79.2 cm³/mol. The fourth-order valence-electron chi connectivity index (χ4n) is 1.94. The highest BCUT2D eigenvalue weighted by atomic mass is 16.5. The predicted octanol–water partition coefficient (Wildman–Crippen LogP) is 3.55. The number of nitriles is 1. The molecule has 0 aliphatic carbocycles. The summed E-state index contributed by atoms with van der Waals surface area (Å²) in [5, 5.41) is 8.85. The molecule has 102 valence electrons. The summed E-state index contributed by atoms with van der Waals surface area (Å²) in [6.07, 6.45) is 0.918. The molecule has 0 heterocycles. The minimum absolute atomic E-state index is 0.0800. The zero-order valence-corrected chi connectivity index (χ0v) is 11.5. The number of nitrogens with two attached hydrogens (primary N) is 1. The lowest BCUT2D eigenvalue weighted by atomic mass is 10.1. The van der Waals surface area contributed by atoms with Crippen LogP contribution in [-0.2, 0) is 6.61 Å². The second-order valence-electron chi connectivity index (χ2n) is 4.68. The maximum absolute atomic E-state index is 8.85. The molecule has 3 nitrogen and oxygen atoms in total. The Morgan fingerprint density at radius 2 is 1.95 bits per heavy atom. The average Bonchev–Trinajstić information content (AvgIpc) is 2.53. The van der Waals surface area contributed by atoms with E-state index in [4.69, 9.17) is 15.7 Å². The van der Waals surface area contributed by atoms with Gasteiger partial charge < -0.3 is 10.5 Å². The van der Waals surface area contributed by atoms with Crippen molar-refractivity contribution >= 4 is 0 Å². The first-order valence-corrected chi connectivity index (χ1v) is 6.70. The summed E-state index contributed by atoms with van der Waals surface area (Å²) in [6, 6.07) is 17.5. The van der Waals surface area contributed by atoms with Crippen molar-refractivity contribution in [1.29, 1.82) is 5.26 Å². The third-order valence-corrected chi connectivity index (χ3v) is 3.21. The highest BCUT2D eigenvalue weighted by molar-refractivity contribution is 5.33. The first kappa shape index (κ1) is 14.1. The lowest BCUT2D eigenvalue weighted by molar-refractivity contribution is 0.306. The smallest absolute Gasteiger partial charge is 0.119 e. The average molecular weight is 266 g/mol. The summed E-state index contributed by atoms with van der Waals surface area (Å²) in [4.78, 5) is 0. The van der Waals surface area contributed by atoms with Gasteiger partial charge in [-0.2, -0.15) is 5.26 Å². The van der Waals surface area contributed by atoms with E-state index in [0.29, 0.717) is 12.2 Å². The zero-order chi connectivity index (χ0) is 14.4. The van der Waals surface area contributed by atoms with Gasteiger partial charge in [-0.15, -0.1) is 0 Å². The van der Waals surface area contributed by atoms with E-state index in [0.717, 1.165) is 23.3 Å². The number of hydrogen-bond donors (Lipinski definition) is 1. The van der Waals surface area contributed by atoms with Gasteiger partial charge in [0.25, 0.3) is 0 Å². The maximum atomic E-state index is 8.85. The Kier molecular flexibility index (Phi) is 4.75. The molecule has 1 atom stereocenters. The van der Waals surface area contributed by atoms with Gasteiger partial charge in [-0.3, -0.25) is 0 Å². The molecule has 0 radical (unpaired) electrons. The molecule has 0 amide bonds. The fourth-order valence-corrected chi connectivity index (χ4v) is 1.94. The van der Waals surface area contributed by atoms with Crippen LogP contribution in [0.25, 0.3) is 0 Å². The maximum Gasteiger partial charge on any atom is 0.119 e. The summed E-state index contributed by atoms with van der Waals surface area (Å²) in [7, 11) is 0. The Hall–Kier alpha value is -2.31. The van der Waals surface area contributed by atoms with E-state index in [1.807, 2.05) is 42.5 Å². The van der Waals surface area contributed by atoms with Crippen LogP contribution in [0.15, 0.2) is 48.5 Å². The molecule has 0 aliphatic heterocycles. The van der Waals surface area contributed by atoms with Gasteiger partial charge in [-0.1, -0.05) is 31.2 Å². The van der Waals surface area contributed by atoms with Crippen LogP contribution in [0.1, 0.15) is 36.1 Å². The summed E-state index contributed by atoms with van der Waals surface area (Å²) >= 11 is 0. The molecule has 0 spiro atoms. The van der Waals surface area contributed by atoms with Gasteiger partial charge in [0.2, 0.25) is 0 Å². The van der Waals surface area contributed by atoms with Crippen molar-refractivity contribution < 1.29 is 4.74 Å². The molecule has 0 aromatic heterocycles. The van der Waals surface area contributed by atoms with Crippen molar-refractivity contribution in [2.75, 3.05) is 0 Å². The van der Waals surface area contributed by atoms with Crippen molar-refractivity contribution in [2.24, 2.45) is 5.73 Å². The van der Waals surface area contributed by atoms with Crippen molar-refractivity contribution in [3.8, 4) is 11.8 Å². The highest BCUT2D eigenvalue weighted by Crippen LogP contribution is 2.19. The van der Waals surface area contributed by atoms with Crippen LogP contribution in [0.2, 0.25) is 0 Å². The topological polar surface area (TPSA) is 59.0 Å². The molecule has 0 saturated heterocycles. The van der Waals surface area contributed by atoms with E-state index in [9.17, 15) is 0 Å². The Bertz CT molecular complexity index is 599. The SMILES string of the molecule is CC[C@@H](N)c1ccc(OCc2cccc(C#N)c2)cc1. The van der Waals surface area contributed by atoms with Crippen LogP contribution in [0.3, 0.4) is 0 Å². The molecule has 2 rings (SSSR count). The van der Waals surface area contributed by atoms with Crippen molar-refractivity contribution in [3.05, 3.63) is 65.2 Å². The molecule has 0 unspecified atom stereocenters. The Morgan fingerprint density at radius 1 is 1.20 bits per heavy atom. The molecule has 0 aliphatic rings. The van der Waals surface area contributed by atoms with Gasteiger partial charge in [-0.25, -0.2) is 0 Å². The van der Waals surface area contributed by atoms with Gasteiger partial charge in [0.15, 0.2) is 0 Å². The van der Waals surface area contributed by atoms with Crippen LogP contribution in [-0.4, -0.2) is 0 Å². The number of rotatable bonds is 5. The molecule has 0 fully saturated rings.